The average molecular weight is 344 g/mol. The Bertz CT molecular complexity index is 447. The highest BCUT2D eigenvalue weighted by Crippen LogP contribution is 2.32. The van der Waals surface area contributed by atoms with Crippen LogP contribution in [0.1, 0.15) is 31.2 Å². The second-order valence-corrected chi connectivity index (χ2v) is 6.21. The Kier molecular flexibility index (Phi) is 5.69. The Labute approximate surface area is 128 Å². The molecular formula is C15H22BrNO3. The van der Waals surface area contributed by atoms with Crippen LogP contribution in [0.25, 0.3) is 0 Å². The molecule has 4 nitrogen and oxygen atoms in total. The number of benzene rings is 1. The first-order valence-corrected chi connectivity index (χ1v) is 7.85. The second-order valence-electron chi connectivity index (χ2n) is 5.36. The minimum atomic E-state index is -0.268. The molecule has 5 heteroatoms. The normalized spacial score (nSPS) is 17.4. The van der Waals surface area contributed by atoms with Crippen molar-refractivity contribution in [2.45, 2.75) is 38.3 Å². The van der Waals surface area contributed by atoms with Crippen LogP contribution in [0.4, 0.5) is 0 Å². The van der Waals surface area contributed by atoms with Crippen molar-refractivity contribution in [2.75, 3.05) is 13.7 Å². The highest BCUT2D eigenvalue weighted by molar-refractivity contribution is 9.10. The minimum absolute atomic E-state index is 0.120. The summed E-state index contributed by atoms with van der Waals surface area (Å²) in [7, 11) is 1.53. The Balaban J connectivity index is 1.87. The highest BCUT2D eigenvalue weighted by atomic mass is 79.9. The zero-order chi connectivity index (χ0) is 14.5. The summed E-state index contributed by atoms with van der Waals surface area (Å²) < 4.78 is 5.93. The lowest BCUT2D eigenvalue weighted by Gasteiger charge is -2.18. The fraction of sp³-hybridized carbons (Fsp3) is 0.600. The van der Waals surface area contributed by atoms with E-state index >= 15 is 0 Å². The number of aromatic hydroxyl groups is 1. The van der Waals surface area contributed by atoms with E-state index in [0.717, 1.165) is 22.9 Å². The van der Waals surface area contributed by atoms with E-state index in [-0.39, 0.29) is 11.9 Å². The van der Waals surface area contributed by atoms with Crippen LogP contribution < -0.4 is 10.1 Å². The molecule has 1 aliphatic carbocycles. The fourth-order valence-corrected chi connectivity index (χ4v) is 3.22. The molecule has 20 heavy (non-hydrogen) atoms. The van der Waals surface area contributed by atoms with Gasteiger partial charge in [0.15, 0.2) is 11.5 Å². The number of methoxy groups -OCH3 is 1. The minimum Gasteiger partial charge on any atom is -0.504 e. The summed E-state index contributed by atoms with van der Waals surface area (Å²) >= 11 is 3.43. The van der Waals surface area contributed by atoms with Gasteiger partial charge in [-0.2, -0.15) is 0 Å². The van der Waals surface area contributed by atoms with Crippen molar-refractivity contribution in [3.8, 4) is 11.5 Å². The van der Waals surface area contributed by atoms with Crippen molar-refractivity contribution < 1.29 is 14.9 Å². The number of phenolic OH excluding ortho intramolecular Hbond substituents is 1. The lowest BCUT2D eigenvalue weighted by molar-refractivity contribution is 0.109. The van der Waals surface area contributed by atoms with Crippen molar-refractivity contribution in [1.29, 1.82) is 0 Å². The van der Waals surface area contributed by atoms with Crippen LogP contribution in [0.2, 0.25) is 0 Å². The molecule has 1 aromatic rings. The predicted molar refractivity (Wildman–Crippen MR) is 82.0 cm³/mol. The van der Waals surface area contributed by atoms with Crippen LogP contribution in [-0.2, 0) is 6.54 Å². The molecule has 1 aliphatic rings. The molecule has 1 aromatic carbocycles. The summed E-state index contributed by atoms with van der Waals surface area (Å²) in [6.07, 6.45) is 4.49. The van der Waals surface area contributed by atoms with E-state index < -0.39 is 0 Å². The quantitative estimate of drug-likeness (QED) is 0.743. The van der Waals surface area contributed by atoms with E-state index in [1.165, 1.54) is 20.0 Å². The highest BCUT2D eigenvalue weighted by Gasteiger charge is 2.22. The SMILES string of the molecule is COc1cc(CNCC(O)C2CCCC2)c(Br)cc1O. The van der Waals surface area contributed by atoms with E-state index in [1.807, 2.05) is 0 Å². The maximum Gasteiger partial charge on any atom is 0.160 e. The molecule has 1 atom stereocenters. The van der Waals surface area contributed by atoms with Crippen molar-refractivity contribution in [2.24, 2.45) is 5.92 Å². The van der Waals surface area contributed by atoms with E-state index in [9.17, 15) is 10.2 Å². The van der Waals surface area contributed by atoms with Gasteiger partial charge in [-0.25, -0.2) is 0 Å². The monoisotopic (exact) mass is 343 g/mol. The standard InChI is InChI=1S/C15H22BrNO3/c1-20-15-6-11(12(16)7-13(15)18)8-17-9-14(19)10-4-2-3-5-10/h6-7,10,14,17-19H,2-5,8-9H2,1H3. The zero-order valence-corrected chi connectivity index (χ0v) is 13.3. The van der Waals surface area contributed by atoms with Crippen LogP contribution >= 0.6 is 15.9 Å². The van der Waals surface area contributed by atoms with Gasteiger partial charge in [0.1, 0.15) is 0 Å². The molecule has 1 fully saturated rings. The molecule has 2 rings (SSSR count). The summed E-state index contributed by atoms with van der Waals surface area (Å²) in [6.45, 7) is 1.22. The summed E-state index contributed by atoms with van der Waals surface area (Å²) in [5, 5.41) is 23.0. The molecule has 0 heterocycles. The third-order valence-electron chi connectivity index (χ3n) is 3.96. The van der Waals surface area contributed by atoms with Gasteiger partial charge in [-0.1, -0.05) is 28.8 Å². The molecular weight excluding hydrogens is 322 g/mol. The maximum atomic E-state index is 10.1. The van der Waals surface area contributed by atoms with E-state index in [0.29, 0.717) is 24.8 Å². The second kappa shape index (κ2) is 7.29. The van der Waals surface area contributed by atoms with Gasteiger partial charge in [0, 0.05) is 17.6 Å². The van der Waals surface area contributed by atoms with Gasteiger partial charge in [0.25, 0.3) is 0 Å². The Morgan fingerprint density at radius 2 is 2.10 bits per heavy atom. The van der Waals surface area contributed by atoms with Gasteiger partial charge in [0.05, 0.1) is 13.2 Å². The summed E-state index contributed by atoms with van der Waals surface area (Å²) in [5.74, 6) is 1.02. The summed E-state index contributed by atoms with van der Waals surface area (Å²) in [5.41, 5.74) is 0.998. The first-order chi connectivity index (χ1) is 9.61. The van der Waals surface area contributed by atoms with Gasteiger partial charge < -0.3 is 20.3 Å². The molecule has 0 aliphatic heterocycles. The first-order valence-electron chi connectivity index (χ1n) is 7.06. The van der Waals surface area contributed by atoms with Gasteiger partial charge in [0.2, 0.25) is 0 Å². The molecule has 0 bridgehead atoms. The van der Waals surface area contributed by atoms with Crippen LogP contribution in [-0.4, -0.2) is 30.0 Å². The molecule has 0 aromatic heterocycles. The van der Waals surface area contributed by atoms with Crippen molar-refractivity contribution in [1.82, 2.24) is 5.32 Å². The lowest BCUT2D eigenvalue weighted by Crippen LogP contribution is -2.31. The number of aliphatic hydroxyl groups excluding tert-OH is 1. The topological polar surface area (TPSA) is 61.7 Å². The number of phenols is 1. The van der Waals surface area contributed by atoms with Crippen molar-refractivity contribution in [3.63, 3.8) is 0 Å². The molecule has 0 saturated heterocycles. The lowest BCUT2D eigenvalue weighted by atomic mass is 10.0. The number of aliphatic hydroxyl groups is 1. The number of hydrogen-bond acceptors (Lipinski definition) is 4. The number of hydrogen-bond donors (Lipinski definition) is 3. The molecule has 0 amide bonds. The molecule has 1 saturated carbocycles. The number of halogens is 1. The first kappa shape index (κ1) is 15.6. The van der Waals surface area contributed by atoms with E-state index in [2.05, 4.69) is 21.2 Å². The van der Waals surface area contributed by atoms with Gasteiger partial charge in [-0.15, -0.1) is 0 Å². The largest absolute Gasteiger partial charge is 0.504 e. The fourth-order valence-electron chi connectivity index (χ4n) is 2.75. The van der Waals surface area contributed by atoms with Crippen LogP contribution in [0.3, 0.4) is 0 Å². The predicted octanol–water partition coefficient (Wildman–Crippen LogP) is 2.80. The van der Waals surface area contributed by atoms with E-state index in [1.54, 1.807) is 12.1 Å². The Morgan fingerprint density at radius 1 is 1.40 bits per heavy atom. The average Bonchev–Trinajstić information content (AvgIpc) is 2.95. The van der Waals surface area contributed by atoms with Gasteiger partial charge >= 0.3 is 0 Å². The van der Waals surface area contributed by atoms with Crippen LogP contribution in [0, 0.1) is 5.92 Å². The molecule has 0 spiro atoms. The third-order valence-corrected chi connectivity index (χ3v) is 4.70. The van der Waals surface area contributed by atoms with Gasteiger partial charge in [-0.3, -0.25) is 0 Å². The summed E-state index contributed by atoms with van der Waals surface area (Å²) in [4.78, 5) is 0. The van der Waals surface area contributed by atoms with Crippen LogP contribution in [0.15, 0.2) is 16.6 Å². The number of ether oxygens (including phenoxy) is 1. The molecule has 112 valence electrons. The molecule has 3 N–H and O–H groups in total. The number of nitrogens with one attached hydrogen (secondary N) is 1. The Morgan fingerprint density at radius 3 is 2.75 bits per heavy atom. The van der Waals surface area contributed by atoms with E-state index in [4.69, 9.17) is 4.74 Å². The smallest absolute Gasteiger partial charge is 0.160 e. The Hall–Kier alpha value is -0.780. The number of rotatable bonds is 6. The molecule has 0 radical (unpaired) electrons. The third kappa shape index (κ3) is 3.87. The molecule has 1 unspecified atom stereocenters. The maximum absolute atomic E-state index is 10.1. The summed E-state index contributed by atoms with van der Waals surface area (Å²) in [6, 6.07) is 3.43. The van der Waals surface area contributed by atoms with Crippen LogP contribution in [0.5, 0.6) is 11.5 Å². The van der Waals surface area contributed by atoms with Gasteiger partial charge in [-0.05, 0) is 36.5 Å². The van der Waals surface area contributed by atoms with Crippen molar-refractivity contribution in [3.05, 3.63) is 22.2 Å². The van der Waals surface area contributed by atoms with Crippen molar-refractivity contribution >= 4 is 15.9 Å². The zero-order valence-electron chi connectivity index (χ0n) is 11.7.